The molecular weight excluding hydrogens is 218 g/mol. The standard InChI is InChI=1S/C9H19NO4S/c1-5-6-15(13,14)10-7(8(11)12)9(2,3)4/h7,10H,5-6H2,1-4H3,(H,11,12). The summed E-state index contributed by atoms with van der Waals surface area (Å²) in [5.41, 5.74) is -0.646. The molecule has 0 aromatic rings. The third-order valence-corrected chi connectivity index (χ3v) is 3.42. The van der Waals surface area contributed by atoms with Crippen LogP contribution in [-0.2, 0) is 14.8 Å². The van der Waals surface area contributed by atoms with E-state index in [9.17, 15) is 13.2 Å². The van der Waals surface area contributed by atoms with Gasteiger partial charge in [-0.25, -0.2) is 13.1 Å². The monoisotopic (exact) mass is 237 g/mol. The summed E-state index contributed by atoms with van der Waals surface area (Å²) < 4.78 is 25.0. The molecule has 0 aliphatic rings. The van der Waals surface area contributed by atoms with Gasteiger partial charge in [-0.1, -0.05) is 27.7 Å². The summed E-state index contributed by atoms with van der Waals surface area (Å²) in [7, 11) is -3.49. The topological polar surface area (TPSA) is 83.5 Å². The molecule has 90 valence electrons. The molecule has 0 aliphatic carbocycles. The molecule has 0 spiro atoms. The van der Waals surface area contributed by atoms with Crippen LogP contribution in [0.2, 0.25) is 0 Å². The van der Waals surface area contributed by atoms with E-state index in [0.29, 0.717) is 6.42 Å². The van der Waals surface area contributed by atoms with Gasteiger partial charge in [-0.3, -0.25) is 4.79 Å². The first kappa shape index (κ1) is 14.4. The first-order valence-corrected chi connectivity index (χ1v) is 6.48. The number of nitrogens with one attached hydrogen (secondary N) is 1. The zero-order valence-corrected chi connectivity index (χ0v) is 10.4. The van der Waals surface area contributed by atoms with Crippen molar-refractivity contribution in [3.63, 3.8) is 0 Å². The number of carboxylic acid groups (broad SMARTS) is 1. The second-order valence-electron chi connectivity index (χ2n) is 4.57. The summed E-state index contributed by atoms with van der Waals surface area (Å²) >= 11 is 0. The van der Waals surface area contributed by atoms with E-state index in [-0.39, 0.29) is 5.75 Å². The van der Waals surface area contributed by atoms with Crippen LogP contribution < -0.4 is 4.72 Å². The molecule has 2 N–H and O–H groups in total. The highest BCUT2D eigenvalue weighted by molar-refractivity contribution is 7.89. The van der Waals surface area contributed by atoms with Crippen molar-refractivity contribution in [1.82, 2.24) is 4.72 Å². The van der Waals surface area contributed by atoms with Gasteiger partial charge in [-0.05, 0) is 11.8 Å². The Bertz CT molecular complexity index is 315. The van der Waals surface area contributed by atoms with E-state index < -0.39 is 27.4 Å². The number of carboxylic acids is 1. The molecule has 15 heavy (non-hydrogen) atoms. The number of rotatable bonds is 5. The van der Waals surface area contributed by atoms with Crippen LogP contribution >= 0.6 is 0 Å². The Hall–Kier alpha value is -0.620. The Morgan fingerprint density at radius 3 is 2.13 bits per heavy atom. The number of hydrogen-bond donors (Lipinski definition) is 2. The number of hydrogen-bond acceptors (Lipinski definition) is 3. The lowest BCUT2D eigenvalue weighted by Gasteiger charge is -2.27. The fraction of sp³-hybridized carbons (Fsp3) is 0.889. The molecule has 0 radical (unpaired) electrons. The van der Waals surface area contributed by atoms with Gasteiger partial charge in [0, 0.05) is 0 Å². The fourth-order valence-electron chi connectivity index (χ4n) is 1.10. The molecule has 0 saturated carbocycles. The van der Waals surface area contributed by atoms with Crippen molar-refractivity contribution in [2.24, 2.45) is 5.41 Å². The van der Waals surface area contributed by atoms with Crippen molar-refractivity contribution in [3.05, 3.63) is 0 Å². The zero-order chi connectivity index (χ0) is 12.3. The van der Waals surface area contributed by atoms with Crippen molar-refractivity contribution >= 4 is 16.0 Å². The molecule has 0 amide bonds. The van der Waals surface area contributed by atoms with E-state index in [4.69, 9.17) is 5.11 Å². The third kappa shape index (κ3) is 5.13. The summed E-state index contributed by atoms with van der Waals surface area (Å²) in [5.74, 6) is -1.20. The maximum absolute atomic E-state index is 11.4. The largest absolute Gasteiger partial charge is 0.480 e. The van der Waals surface area contributed by atoms with Gasteiger partial charge >= 0.3 is 5.97 Å². The first-order valence-electron chi connectivity index (χ1n) is 4.83. The molecule has 5 nitrogen and oxygen atoms in total. The lowest BCUT2D eigenvalue weighted by atomic mass is 9.88. The second kappa shape index (κ2) is 4.94. The van der Waals surface area contributed by atoms with Gasteiger partial charge in [0.25, 0.3) is 0 Å². The van der Waals surface area contributed by atoms with Gasteiger partial charge < -0.3 is 5.11 Å². The lowest BCUT2D eigenvalue weighted by Crippen LogP contribution is -2.49. The Morgan fingerprint density at radius 1 is 1.40 bits per heavy atom. The van der Waals surface area contributed by atoms with Gasteiger partial charge in [0.05, 0.1) is 5.75 Å². The highest BCUT2D eigenvalue weighted by Crippen LogP contribution is 2.20. The molecule has 0 heterocycles. The average molecular weight is 237 g/mol. The van der Waals surface area contributed by atoms with Crippen LogP contribution in [0, 0.1) is 5.41 Å². The maximum Gasteiger partial charge on any atom is 0.322 e. The van der Waals surface area contributed by atoms with Gasteiger partial charge in [0.1, 0.15) is 6.04 Å². The van der Waals surface area contributed by atoms with E-state index in [1.807, 2.05) is 0 Å². The minimum atomic E-state index is -3.49. The Kier molecular flexibility index (Phi) is 4.73. The summed E-state index contributed by atoms with van der Waals surface area (Å²) in [6, 6.07) is -1.09. The normalized spacial score (nSPS) is 14.9. The predicted molar refractivity (Wildman–Crippen MR) is 58.1 cm³/mol. The Labute approximate surface area is 90.9 Å². The average Bonchev–Trinajstić information content (AvgIpc) is 1.97. The van der Waals surface area contributed by atoms with Crippen molar-refractivity contribution < 1.29 is 18.3 Å². The van der Waals surface area contributed by atoms with Crippen molar-refractivity contribution in [1.29, 1.82) is 0 Å². The van der Waals surface area contributed by atoms with Crippen LogP contribution in [0.25, 0.3) is 0 Å². The van der Waals surface area contributed by atoms with E-state index in [2.05, 4.69) is 4.72 Å². The highest BCUT2D eigenvalue weighted by Gasteiger charge is 2.34. The highest BCUT2D eigenvalue weighted by atomic mass is 32.2. The molecule has 0 rings (SSSR count). The lowest BCUT2D eigenvalue weighted by molar-refractivity contribution is -0.141. The van der Waals surface area contributed by atoms with Gasteiger partial charge in [-0.15, -0.1) is 0 Å². The van der Waals surface area contributed by atoms with Gasteiger partial charge in [0.15, 0.2) is 0 Å². The third-order valence-electron chi connectivity index (χ3n) is 1.88. The van der Waals surface area contributed by atoms with Crippen molar-refractivity contribution in [2.45, 2.75) is 40.2 Å². The molecule has 0 bridgehead atoms. The molecular formula is C9H19NO4S. The minimum Gasteiger partial charge on any atom is -0.480 e. The minimum absolute atomic E-state index is 0.0487. The summed E-state index contributed by atoms with van der Waals surface area (Å²) in [6.45, 7) is 6.77. The van der Waals surface area contributed by atoms with Crippen LogP contribution in [0.3, 0.4) is 0 Å². The molecule has 0 aromatic carbocycles. The smallest absolute Gasteiger partial charge is 0.322 e. The summed E-state index contributed by atoms with van der Waals surface area (Å²) in [5, 5.41) is 8.91. The van der Waals surface area contributed by atoms with E-state index in [1.165, 1.54) is 0 Å². The second-order valence-corrected chi connectivity index (χ2v) is 6.45. The van der Waals surface area contributed by atoms with E-state index in [1.54, 1.807) is 27.7 Å². The van der Waals surface area contributed by atoms with Crippen LogP contribution in [0.5, 0.6) is 0 Å². The number of aliphatic carboxylic acids is 1. The van der Waals surface area contributed by atoms with Crippen LogP contribution in [0.15, 0.2) is 0 Å². The number of carbonyl (C=O) groups is 1. The molecule has 0 aromatic heterocycles. The molecule has 1 unspecified atom stereocenters. The Morgan fingerprint density at radius 2 is 1.87 bits per heavy atom. The van der Waals surface area contributed by atoms with Crippen molar-refractivity contribution in [3.8, 4) is 0 Å². The zero-order valence-electron chi connectivity index (χ0n) is 9.57. The predicted octanol–water partition coefficient (Wildman–Crippen LogP) is 0.815. The molecule has 0 saturated heterocycles. The molecule has 6 heteroatoms. The van der Waals surface area contributed by atoms with Crippen LogP contribution in [0.4, 0.5) is 0 Å². The van der Waals surface area contributed by atoms with Gasteiger partial charge in [-0.2, -0.15) is 0 Å². The van der Waals surface area contributed by atoms with E-state index >= 15 is 0 Å². The quantitative estimate of drug-likeness (QED) is 0.741. The SMILES string of the molecule is CCCS(=O)(=O)NC(C(=O)O)C(C)(C)C. The van der Waals surface area contributed by atoms with E-state index in [0.717, 1.165) is 0 Å². The van der Waals surface area contributed by atoms with Crippen molar-refractivity contribution in [2.75, 3.05) is 5.75 Å². The molecule has 1 atom stereocenters. The summed E-state index contributed by atoms with van der Waals surface area (Å²) in [4.78, 5) is 10.9. The maximum atomic E-state index is 11.4. The Balaban J connectivity index is 4.79. The van der Waals surface area contributed by atoms with Crippen LogP contribution in [0.1, 0.15) is 34.1 Å². The van der Waals surface area contributed by atoms with Gasteiger partial charge in [0.2, 0.25) is 10.0 Å². The molecule has 0 fully saturated rings. The fourth-order valence-corrected chi connectivity index (χ4v) is 2.57. The first-order chi connectivity index (χ1) is 6.60. The van der Waals surface area contributed by atoms with Crippen LogP contribution in [-0.4, -0.2) is 31.3 Å². The summed E-state index contributed by atoms with van der Waals surface area (Å²) in [6.07, 6.45) is 0.464. The number of sulfonamides is 1. The molecule has 0 aliphatic heterocycles.